The molecule has 3 nitrogen and oxygen atoms in total. The number of hydrogen-bond donors (Lipinski definition) is 1. The van der Waals surface area contributed by atoms with Crippen LogP contribution in [0.4, 0.5) is 0 Å². The summed E-state index contributed by atoms with van der Waals surface area (Å²) in [5.41, 5.74) is 5.69. The third-order valence-corrected chi connectivity index (χ3v) is 0.321. The number of carbonyl (C=O) groups is 1. The fraction of sp³-hybridized carbons (Fsp3) is 0.857. The van der Waals surface area contributed by atoms with Crippen LogP contribution in [0, 0.1) is 35.6 Å². The Hall–Kier alpha value is 0.625. The van der Waals surface area contributed by atoms with Crippen LogP contribution in [-0.2, 0) is 4.79 Å². The summed E-state index contributed by atoms with van der Waals surface area (Å²) in [4.78, 5) is 9.48. The van der Waals surface area contributed by atoms with Crippen molar-refractivity contribution >= 4 is 5.91 Å². The van der Waals surface area contributed by atoms with Crippen molar-refractivity contribution in [2.45, 2.75) is 39.7 Å². The Kier molecular flexibility index (Phi) is 14.0. The van der Waals surface area contributed by atoms with Gasteiger partial charge < -0.3 is 15.6 Å². The van der Waals surface area contributed by atoms with E-state index in [-0.39, 0.29) is 35.6 Å². The molecule has 0 atom stereocenters. The van der Waals surface area contributed by atoms with Crippen molar-refractivity contribution in [1.82, 2.24) is 0 Å². The van der Waals surface area contributed by atoms with Gasteiger partial charge in [-0.15, -0.1) is 0 Å². The Labute approximate surface area is 96.3 Å². The van der Waals surface area contributed by atoms with Crippen LogP contribution < -0.4 is 0 Å². The minimum atomic E-state index is -0.500. The molecule has 0 aliphatic rings. The van der Waals surface area contributed by atoms with E-state index in [4.69, 9.17) is 10.8 Å². The molecular formula is C7H16LaNO2-. The molecule has 4 heteroatoms. The molecule has 0 saturated heterocycles. The average molecular weight is 285 g/mol. The largest absolute Gasteiger partial charge is 0.668 e. The minimum absolute atomic E-state index is 0. The van der Waals surface area contributed by atoms with Crippen LogP contribution >= 0.6 is 0 Å². The van der Waals surface area contributed by atoms with E-state index in [9.17, 15) is 4.79 Å². The van der Waals surface area contributed by atoms with Gasteiger partial charge >= 0.3 is 0 Å². The zero-order valence-corrected chi connectivity index (χ0v) is 11.3. The van der Waals surface area contributed by atoms with Crippen LogP contribution in [0.5, 0.6) is 0 Å². The Balaban J connectivity index is -0.000000107. The fourth-order valence-electron chi connectivity index (χ4n) is 0. The molecule has 0 aliphatic heterocycles. The summed E-state index contributed by atoms with van der Waals surface area (Å²) in [7, 11) is 0. The first kappa shape index (κ1) is 17.6. The molecular weight excluding hydrogens is 269 g/mol. The third kappa shape index (κ3) is 115. The quantitative estimate of drug-likeness (QED) is 0.798. The van der Waals surface area contributed by atoms with Gasteiger partial charge in [0.05, 0.1) is 5.60 Å². The Bertz CT molecular complexity index is 93.1. The van der Waals surface area contributed by atoms with Crippen LogP contribution in [0.15, 0.2) is 0 Å². The van der Waals surface area contributed by atoms with E-state index in [1.54, 1.807) is 27.7 Å². The maximum atomic E-state index is 9.48. The first-order chi connectivity index (χ1) is 4.27. The van der Waals surface area contributed by atoms with E-state index in [1.807, 2.05) is 0 Å². The molecule has 0 heterocycles. The first-order valence-electron chi connectivity index (χ1n) is 3.24. The van der Waals surface area contributed by atoms with Crippen molar-refractivity contribution in [2.75, 3.05) is 0 Å². The van der Waals surface area contributed by atoms with Crippen molar-refractivity contribution in [3.05, 3.63) is 5.73 Å². The van der Waals surface area contributed by atoms with E-state index >= 15 is 0 Å². The van der Waals surface area contributed by atoms with E-state index in [0.29, 0.717) is 6.42 Å². The van der Waals surface area contributed by atoms with Crippen molar-refractivity contribution in [2.24, 2.45) is 0 Å². The Morgan fingerprint density at radius 3 is 1.55 bits per heavy atom. The fourth-order valence-corrected chi connectivity index (χ4v) is 0. The van der Waals surface area contributed by atoms with Gasteiger partial charge in [0, 0.05) is 41.5 Å². The number of amides is 1. The summed E-state index contributed by atoms with van der Waals surface area (Å²) < 4.78 is 0. The molecule has 0 bridgehead atoms. The zero-order chi connectivity index (χ0) is 8.78. The number of aliphatic hydroxyl groups is 1. The summed E-state index contributed by atoms with van der Waals surface area (Å²) in [5.74, 6) is -0.495. The Morgan fingerprint density at radius 1 is 1.45 bits per heavy atom. The van der Waals surface area contributed by atoms with Gasteiger partial charge in [0.25, 0.3) is 0 Å². The number of carbonyl (C=O) groups excluding carboxylic acids is 1. The molecule has 0 aliphatic carbocycles. The Morgan fingerprint density at radius 2 is 1.55 bits per heavy atom. The molecule has 0 saturated carbocycles. The predicted molar refractivity (Wildman–Crippen MR) is 41.6 cm³/mol. The van der Waals surface area contributed by atoms with Gasteiger partial charge in [-0.25, -0.2) is 0 Å². The van der Waals surface area contributed by atoms with Gasteiger partial charge in [-0.3, -0.25) is 0 Å². The van der Waals surface area contributed by atoms with E-state index in [2.05, 4.69) is 0 Å². The van der Waals surface area contributed by atoms with Gasteiger partial charge in [-0.1, -0.05) is 6.92 Å². The van der Waals surface area contributed by atoms with Crippen LogP contribution in [0.1, 0.15) is 34.1 Å². The van der Waals surface area contributed by atoms with Crippen LogP contribution in [-0.4, -0.2) is 16.6 Å². The second-order valence-corrected chi connectivity index (χ2v) is 2.95. The van der Waals surface area contributed by atoms with Gasteiger partial charge in [0.1, 0.15) is 0 Å². The normalized spacial score (nSPS) is 8.82. The van der Waals surface area contributed by atoms with Crippen molar-refractivity contribution in [3.63, 3.8) is 0 Å². The monoisotopic (exact) mass is 285 g/mol. The van der Waals surface area contributed by atoms with Crippen LogP contribution in [0.3, 0.4) is 0 Å². The maximum absolute atomic E-state index is 9.48. The maximum Gasteiger partial charge on any atom is 0.0563 e. The van der Waals surface area contributed by atoms with E-state index in [1.165, 1.54) is 0 Å². The summed E-state index contributed by atoms with van der Waals surface area (Å²) in [6, 6.07) is 0. The van der Waals surface area contributed by atoms with Gasteiger partial charge in [0.2, 0.25) is 0 Å². The van der Waals surface area contributed by atoms with Gasteiger partial charge in [-0.05, 0) is 27.2 Å². The summed E-state index contributed by atoms with van der Waals surface area (Å²) >= 11 is 0. The molecule has 1 radical (unpaired) electrons. The second kappa shape index (κ2) is 8.72. The van der Waals surface area contributed by atoms with Crippen LogP contribution in [0.2, 0.25) is 0 Å². The first-order valence-corrected chi connectivity index (χ1v) is 3.24. The predicted octanol–water partition coefficient (Wildman–Crippen LogP) is 1.75. The standard InChI is InChI=1S/C4H10O.C3H7NO.La/c1-4(2,3)5;1-2-3(4)5;/h5H,1-3H3;2H2,1H3,(H2,4,5);/p-1. The summed E-state index contributed by atoms with van der Waals surface area (Å²) in [6.07, 6.45) is 0.333. The number of hydrogen-bond acceptors (Lipinski definition) is 2. The van der Waals surface area contributed by atoms with E-state index in [0.717, 1.165) is 0 Å². The van der Waals surface area contributed by atoms with Crippen LogP contribution in [0.25, 0.3) is 5.73 Å². The smallest absolute Gasteiger partial charge is 0.0563 e. The minimum Gasteiger partial charge on any atom is -0.668 e. The molecule has 0 unspecified atom stereocenters. The molecule has 0 spiro atoms. The molecule has 0 rings (SSSR count). The molecule has 0 aromatic heterocycles. The second-order valence-electron chi connectivity index (χ2n) is 2.95. The molecule has 11 heavy (non-hydrogen) atoms. The van der Waals surface area contributed by atoms with Crippen molar-refractivity contribution in [1.29, 1.82) is 0 Å². The summed E-state index contributed by atoms with van der Waals surface area (Å²) in [6.45, 7) is 6.89. The molecule has 0 fully saturated rings. The summed E-state index contributed by atoms with van der Waals surface area (Å²) in [5, 5.41) is 8.52. The van der Waals surface area contributed by atoms with Crippen molar-refractivity contribution < 1.29 is 45.5 Å². The SMILES string of the molecule is CC(C)(C)O.CCC([NH-])=O.[La]. The number of nitrogens with one attached hydrogen (secondary N) is 1. The molecule has 1 amide bonds. The van der Waals surface area contributed by atoms with Gasteiger partial charge in [0.15, 0.2) is 0 Å². The topological polar surface area (TPSA) is 61.1 Å². The average Bonchev–Trinajstić information content (AvgIpc) is 1.61. The van der Waals surface area contributed by atoms with Crippen molar-refractivity contribution in [3.8, 4) is 0 Å². The zero-order valence-electron chi connectivity index (χ0n) is 7.64. The van der Waals surface area contributed by atoms with E-state index < -0.39 is 11.5 Å². The molecule has 65 valence electrons. The van der Waals surface area contributed by atoms with Gasteiger partial charge in [-0.2, -0.15) is 0 Å². The number of rotatable bonds is 1. The molecule has 0 aromatic carbocycles. The molecule has 0 aromatic rings. The molecule has 2 N–H and O–H groups in total. The third-order valence-electron chi connectivity index (χ3n) is 0.321.